The van der Waals surface area contributed by atoms with Crippen molar-refractivity contribution in [1.29, 1.82) is 0 Å². The lowest BCUT2D eigenvalue weighted by atomic mass is 9.78. The zero-order chi connectivity index (χ0) is 35.2. The van der Waals surface area contributed by atoms with Gasteiger partial charge in [-0.25, -0.2) is 18.0 Å². The highest BCUT2D eigenvalue weighted by Gasteiger charge is 2.53. The molecule has 3 fully saturated rings. The second-order valence-electron chi connectivity index (χ2n) is 14.1. The molecular formula is C35H50N4O9S. The quantitative estimate of drug-likeness (QED) is 0.149. The summed E-state index contributed by atoms with van der Waals surface area (Å²) >= 11 is 0. The number of nitrogens with zero attached hydrogens (tertiary/aromatic N) is 1. The van der Waals surface area contributed by atoms with Gasteiger partial charge in [0.05, 0.1) is 36.4 Å². The van der Waals surface area contributed by atoms with E-state index < -0.39 is 45.9 Å². The first-order valence-electron chi connectivity index (χ1n) is 17.0. The van der Waals surface area contributed by atoms with Crippen LogP contribution in [-0.2, 0) is 35.4 Å². The summed E-state index contributed by atoms with van der Waals surface area (Å²) in [6.07, 6.45) is 0.334. The van der Waals surface area contributed by atoms with Crippen LogP contribution in [0.3, 0.4) is 0 Å². The first-order valence-corrected chi connectivity index (χ1v) is 18.4. The summed E-state index contributed by atoms with van der Waals surface area (Å²) in [6.45, 7) is 4.41. The minimum Gasteiger partial charge on any atom is -0.450 e. The SMILES string of the molecule is CNC(=O)OCCCCC(C)(C)CN(C[C@@H](O)[C@H](Cc1ccccc1)NC(=O)OC1C2CC3C[C@@H]1COC3O2)S(=O)(=O)c1ccc(N)cc1. The zero-order valence-corrected chi connectivity index (χ0v) is 29.3. The number of aliphatic hydroxyl groups excluding tert-OH is 1. The Hall–Kier alpha value is -3.43. The number of carbonyl (C=O) groups is 2. The molecule has 7 atom stereocenters. The van der Waals surface area contributed by atoms with Gasteiger partial charge in [-0.15, -0.1) is 0 Å². The average molecular weight is 703 g/mol. The maximum atomic E-state index is 14.1. The number of nitrogen functional groups attached to an aromatic ring is 1. The van der Waals surface area contributed by atoms with Crippen molar-refractivity contribution in [2.75, 3.05) is 39.1 Å². The van der Waals surface area contributed by atoms with Crippen LogP contribution in [0.2, 0.25) is 0 Å². The molecule has 2 saturated heterocycles. The third-order valence-corrected chi connectivity index (χ3v) is 11.5. The number of benzene rings is 2. The van der Waals surface area contributed by atoms with Crippen LogP contribution in [0.1, 0.15) is 51.5 Å². The van der Waals surface area contributed by atoms with E-state index in [1.165, 1.54) is 35.6 Å². The Balaban J connectivity index is 1.32. The molecule has 2 aliphatic heterocycles. The molecule has 2 aromatic rings. The van der Waals surface area contributed by atoms with Crippen LogP contribution in [-0.4, -0.2) is 94.0 Å². The van der Waals surface area contributed by atoms with Gasteiger partial charge in [0.2, 0.25) is 10.0 Å². The van der Waals surface area contributed by atoms with Crippen LogP contribution in [0, 0.1) is 17.3 Å². The lowest BCUT2D eigenvalue weighted by Gasteiger charge is -2.37. The molecule has 3 aliphatic rings. The minimum absolute atomic E-state index is 0.0314. The van der Waals surface area contributed by atoms with Crippen molar-refractivity contribution in [3.63, 3.8) is 0 Å². The number of fused-ring (bicyclic) bond motifs is 2. The molecule has 3 bridgehead atoms. The van der Waals surface area contributed by atoms with E-state index in [9.17, 15) is 23.1 Å². The maximum absolute atomic E-state index is 14.1. The van der Waals surface area contributed by atoms with Crippen molar-refractivity contribution in [3.05, 3.63) is 60.2 Å². The number of unbranched alkanes of at least 4 members (excludes halogenated alkanes) is 1. The third kappa shape index (κ3) is 9.63. The fourth-order valence-corrected chi connectivity index (χ4v) is 8.70. The number of hydrogen-bond donors (Lipinski definition) is 4. The third-order valence-electron chi connectivity index (χ3n) is 9.65. The Kier molecular flexibility index (Phi) is 12.1. The normalized spacial score (nSPS) is 24.3. The monoisotopic (exact) mass is 702 g/mol. The topological polar surface area (TPSA) is 179 Å². The summed E-state index contributed by atoms with van der Waals surface area (Å²) < 4.78 is 52.4. The molecular weight excluding hydrogens is 652 g/mol. The average Bonchev–Trinajstić information content (AvgIpc) is 3.37. The van der Waals surface area contributed by atoms with Gasteiger partial charge < -0.3 is 40.4 Å². The van der Waals surface area contributed by atoms with Crippen LogP contribution < -0.4 is 16.4 Å². The van der Waals surface area contributed by atoms with Crippen molar-refractivity contribution in [2.45, 2.75) is 87.9 Å². The number of ether oxygens (including phenoxy) is 4. The van der Waals surface area contributed by atoms with Gasteiger partial charge in [0, 0.05) is 37.7 Å². The molecule has 2 amide bonds. The Labute approximate surface area is 288 Å². The predicted molar refractivity (Wildman–Crippen MR) is 182 cm³/mol. The first-order chi connectivity index (χ1) is 23.3. The number of hydrogen-bond acceptors (Lipinski definition) is 10. The highest BCUT2D eigenvalue weighted by molar-refractivity contribution is 7.89. The molecule has 1 aliphatic carbocycles. The van der Waals surface area contributed by atoms with Crippen LogP contribution in [0.4, 0.5) is 15.3 Å². The fourth-order valence-electron chi connectivity index (χ4n) is 7.05. The second-order valence-corrected chi connectivity index (χ2v) is 16.1. The first kappa shape index (κ1) is 36.8. The molecule has 1 saturated carbocycles. The molecule has 14 heteroatoms. The number of amides is 2. The van der Waals surface area contributed by atoms with Crippen molar-refractivity contribution < 1.29 is 42.1 Å². The van der Waals surface area contributed by atoms with Crippen molar-refractivity contribution in [3.8, 4) is 0 Å². The molecule has 2 aromatic carbocycles. The van der Waals surface area contributed by atoms with Crippen LogP contribution in [0.25, 0.3) is 0 Å². The molecule has 0 radical (unpaired) electrons. The highest BCUT2D eigenvalue weighted by atomic mass is 32.2. The number of aliphatic hydroxyl groups is 1. The van der Waals surface area contributed by atoms with Crippen LogP contribution in [0.15, 0.2) is 59.5 Å². The number of anilines is 1. The lowest BCUT2D eigenvalue weighted by molar-refractivity contribution is -0.153. The Morgan fingerprint density at radius 1 is 1.06 bits per heavy atom. The van der Waals surface area contributed by atoms with Gasteiger partial charge in [0.15, 0.2) is 6.29 Å². The summed E-state index contributed by atoms with van der Waals surface area (Å²) in [4.78, 5) is 24.9. The number of carbonyl (C=O) groups excluding carboxylic acids is 2. The van der Waals surface area contributed by atoms with Gasteiger partial charge in [-0.05, 0) is 73.8 Å². The lowest BCUT2D eigenvalue weighted by Crippen LogP contribution is -2.53. The zero-order valence-electron chi connectivity index (χ0n) is 28.5. The van der Waals surface area contributed by atoms with E-state index >= 15 is 0 Å². The molecule has 2 heterocycles. The molecule has 5 rings (SSSR count). The van der Waals surface area contributed by atoms with E-state index in [0.29, 0.717) is 37.5 Å². The number of nitrogens with two attached hydrogens (primary N) is 1. The number of sulfonamides is 1. The fraction of sp³-hybridized carbons (Fsp3) is 0.600. The summed E-state index contributed by atoms with van der Waals surface area (Å²) in [5, 5.41) is 17.1. The second kappa shape index (κ2) is 16.1. The predicted octanol–water partition coefficient (Wildman–Crippen LogP) is 3.66. The van der Waals surface area contributed by atoms with Crippen molar-refractivity contribution in [2.24, 2.45) is 17.3 Å². The van der Waals surface area contributed by atoms with Gasteiger partial charge in [0.25, 0.3) is 0 Å². The Morgan fingerprint density at radius 3 is 2.51 bits per heavy atom. The summed E-state index contributed by atoms with van der Waals surface area (Å²) in [6, 6.07) is 14.4. The van der Waals surface area contributed by atoms with E-state index in [4.69, 9.17) is 24.7 Å². The van der Waals surface area contributed by atoms with E-state index in [2.05, 4.69) is 10.6 Å². The molecule has 13 nitrogen and oxygen atoms in total. The number of alkyl carbamates (subject to hydrolysis) is 2. The van der Waals surface area contributed by atoms with E-state index in [1.54, 1.807) is 0 Å². The van der Waals surface area contributed by atoms with Crippen LogP contribution in [0.5, 0.6) is 0 Å². The van der Waals surface area contributed by atoms with Crippen LogP contribution >= 0.6 is 0 Å². The minimum atomic E-state index is -4.10. The number of nitrogens with one attached hydrogen (secondary N) is 2. The summed E-state index contributed by atoms with van der Waals surface area (Å²) in [5.74, 6) is 0.345. The van der Waals surface area contributed by atoms with Gasteiger partial charge in [0.1, 0.15) is 6.10 Å². The van der Waals surface area contributed by atoms with Crippen molar-refractivity contribution in [1.82, 2.24) is 14.9 Å². The van der Waals surface area contributed by atoms with Gasteiger partial charge in [-0.1, -0.05) is 44.2 Å². The van der Waals surface area contributed by atoms with E-state index in [0.717, 1.165) is 18.4 Å². The molecule has 0 spiro atoms. The summed E-state index contributed by atoms with van der Waals surface area (Å²) in [5.41, 5.74) is 6.61. The largest absolute Gasteiger partial charge is 0.450 e. The molecule has 0 aromatic heterocycles. The molecule has 270 valence electrons. The number of rotatable bonds is 16. The van der Waals surface area contributed by atoms with Gasteiger partial charge in [-0.3, -0.25) is 0 Å². The van der Waals surface area contributed by atoms with E-state index in [-0.39, 0.29) is 49.3 Å². The van der Waals surface area contributed by atoms with Gasteiger partial charge in [-0.2, -0.15) is 4.31 Å². The molecule has 49 heavy (non-hydrogen) atoms. The smallest absolute Gasteiger partial charge is 0.407 e. The Bertz CT molecular complexity index is 1500. The summed E-state index contributed by atoms with van der Waals surface area (Å²) in [7, 11) is -2.61. The molecule has 4 unspecified atom stereocenters. The maximum Gasteiger partial charge on any atom is 0.407 e. The van der Waals surface area contributed by atoms with E-state index in [1.807, 2.05) is 44.2 Å². The Morgan fingerprint density at radius 2 is 1.80 bits per heavy atom. The van der Waals surface area contributed by atoms with Crippen molar-refractivity contribution >= 4 is 27.9 Å². The van der Waals surface area contributed by atoms with Gasteiger partial charge >= 0.3 is 12.2 Å². The molecule has 5 N–H and O–H groups in total. The standard InChI is InChI=1S/C35H50N4O9S/c1-35(2,15-7-8-16-45-33(41)37-3)22-39(49(43,44)27-13-11-26(36)12-14-27)20-29(40)28(17-23-9-5-4-6-10-23)38-34(42)48-31-25-18-24-19-30(31)47-32(24)46-21-25/h4-6,9-14,24-25,28-32,40H,7-8,15-22,36H2,1-3H3,(H,37,41)(H,38,42)/t24?,25-,28+,29-,30?,31?,32?/m1/s1. The highest BCUT2D eigenvalue weighted by Crippen LogP contribution is 2.46.